The van der Waals surface area contributed by atoms with Gasteiger partial charge in [-0.3, -0.25) is 19.6 Å². The number of benzene rings is 6. The number of nitrogens with zero attached hydrogens (tertiary/aromatic N) is 6. The number of halogens is 1. The Kier molecular flexibility index (Phi) is 11.0. The van der Waals surface area contributed by atoms with Gasteiger partial charge in [0, 0.05) is 53.0 Å². The van der Waals surface area contributed by atoms with E-state index in [9.17, 15) is 14.9 Å². The van der Waals surface area contributed by atoms with Gasteiger partial charge in [-0.25, -0.2) is 0 Å². The van der Waals surface area contributed by atoms with Gasteiger partial charge in [-0.15, -0.1) is 0 Å². The highest BCUT2D eigenvalue weighted by Gasteiger charge is 2.26. The summed E-state index contributed by atoms with van der Waals surface area (Å²) in [6, 6.07) is 46.4. The second-order valence-electron chi connectivity index (χ2n) is 13.3. The fourth-order valence-electron chi connectivity index (χ4n) is 6.77. The normalized spacial score (nSPS) is 13.3. The number of fused-ring (bicyclic) bond motifs is 2. The van der Waals surface area contributed by atoms with Crippen molar-refractivity contribution in [1.29, 1.82) is 10.5 Å². The van der Waals surface area contributed by atoms with Gasteiger partial charge < -0.3 is 14.5 Å². The molecule has 0 N–H and O–H groups in total. The minimum Gasteiger partial charge on any atom is -0.496 e. The van der Waals surface area contributed by atoms with Crippen molar-refractivity contribution in [2.24, 2.45) is 9.98 Å². The van der Waals surface area contributed by atoms with E-state index in [1.54, 1.807) is 61.3 Å². The van der Waals surface area contributed by atoms with Gasteiger partial charge in [-0.1, -0.05) is 84.4 Å². The molecule has 0 saturated carbocycles. The van der Waals surface area contributed by atoms with Crippen LogP contribution in [-0.4, -0.2) is 57.5 Å². The van der Waals surface area contributed by atoms with Crippen LogP contribution >= 0.6 is 11.6 Å². The van der Waals surface area contributed by atoms with Crippen LogP contribution in [-0.2, 0) is 9.59 Å². The molecule has 9 nitrogen and oxygen atoms in total. The summed E-state index contributed by atoms with van der Waals surface area (Å²) in [6.45, 7) is 0.135. The third-order valence-electron chi connectivity index (χ3n) is 9.86. The highest BCUT2D eigenvalue weighted by Crippen LogP contribution is 2.39. The summed E-state index contributed by atoms with van der Waals surface area (Å²) >= 11 is 6.03. The molecule has 0 spiro atoms. The van der Waals surface area contributed by atoms with E-state index in [-0.39, 0.29) is 24.9 Å². The lowest BCUT2D eigenvalue weighted by atomic mass is 9.94. The number of ether oxygens (including phenoxy) is 1. The van der Waals surface area contributed by atoms with Gasteiger partial charge in [-0.05, 0) is 71.3 Å². The van der Waals surface area contributed by atoms with E-state index in [0.29, 0.717) is 33.3 Å². The monoisotopic (exact) mass is 766 g/mol. The van der Waals surface area contributed by atoms with Crippen molar-refractivity contribution in [1.82, 2.24) is 0 Å². The van der Waals surface area contributed by atoms with E-state index >= 15 is 0 Å². The first-order chi connectivity index (χ1) is 27.7. The number of carbonyl (C=O) groups excluding carboxylic acids is 2. The maximum atomic E-state index is 12.6. The number of nitriles is 2. The summed E-state index contributed by atoms with van der Waals surface area (Å²) in [5.74, 6) is 0.443. The highest BCUT2D eigenvalue weighted by molar-refractivity contribution is 6.31. The quantitative estimate of drug-likeness (QED) is 0.174. The Balaban J connectivity index is 0.000000177. The first kappa shape index (κ1) is 38.0. The Morgan fingerprint density at radius 2 is 1.14 bits per heavy atom. The van der Waals surface area contributed by atoms with Gasteiger partial charge in [0.05, 0.1) is 53.2 Å². The lowest BCUT2D eigenvalue weighted by molar-refractivity contribution is -0.117. The molecule has 2 aliphatic heterocycles. The van der Waals surface area contributed by atoms with Crippen LogP contribution in [0.25, 0.3) is 22.3 Å². The van der Waals surface area contributed by atoms with Crippen LogP contribution in [0.3, 0.4) is 0 Å². The first-order valence-corrected chi connectivity index (χ1v) is 18.4. The van der Waals surface area contributed by atoms with E-state index in [4.69, 9.17) is 21.6 Å². The number of likely N-dealkylation sites (N-methyl/N-ethyl adjacent to an activating group) is 2. The molecule has 0 unspecified atom stereocenters. The summed E-state index contributed by atoms with van der Waals surface area (Å²) in [6.07, 6.45) is 0. The second kappa shape index (κ2) is 16.6. The summed E-state index contributed by atoms with van der Waals surface area (Å²) in [7, 11) is 5.09. The van der Waals surface area contributed by atoms with Gasteiger partial charge >= 0.3 is 0 Å². The third kappa shape index (κ3) is 7.92. The van der Waals surface area contributed by atoms with Gasteiger partial charge in [0.1, 0.15) is 18.8 Å². The Bertz CT molecular complexity index is 2660. The summed E-state index contributed by atoms with van der Waals surface area (Å²) in [4.78, 5) is 37.4. The van der Waals surface area contributed by atoms with Gasteiger partial charge in [0.2, 0.25) is 11.8 Å². The van der Waals surface area contributed by atoms with E-state index < -0.39 is 0 Å². The fourth-order valence-corrected chi connectivity index (χ4v) is 6.89. The number of amides is 2. The summed E-state index contributed by atoms with van der Waals surface area (Å²) in [5.41, 5.74) is 11.4. The zero-order valence-electron chi connectivity index (χ0n) is 31.4. The number of carbonyl (C=O) groups is 2. The third-order valence-corrected chi connectivity index (χ3v) is 10.1. The number of hydrogen-bond donors (Lipinski definition) is 0. The molecule has 57 heavy (non-hydrogen) atoms. The molecular weight excluding hydrogens is 732 g/mol. The Labute approximate surface area is 336 Å². The lowest BCUT2D eigenvalue weighted by Gasteiger charge is -2.21. The maximum absolute atomic E-state index is 12.6. The molecule has 10 heteroatoms. The predicted octanol–water partition coefficient (Wildman–Crippen LogP) is 8.74. The van der Waals surface area contributed by atoms with Crippen molar-refractivity contribution in [3.63, 3.8) is 0 Å². The van der Waals surface area contributed by atoms with E-state index in [1.165, 1.54) is 0 Å². The van der Waals surface area contributed by atoms with Crippen LogP contribution in [0.1, 0.15) is 33.4 Å². The Morgan fingerprint density at radius 1 is 0.561 bits per heavy atom. The largest absolute Gasteiger partial charge is 0.496 e. The molecule has 8 rings (SSSR count). The number of hydrogen-bond acceptors (Lipinski definition) is 7. The average Bonchev–Trinajstić information content (AvgIpc) is 3.46. The molecule has 278 valence electrons. The molecule has 6 aromatic carbocycles. The van der Waals surface area contributed by atoms with Crippen LogP contribution in [0.15, 0.2) is 143 Å². The number of aliphatic imine (C=N–C) groups is 2. The second-order valence-corrected chi connectivity index (χ2v) is 13.7. The topological polar surface area (TPSA) is 122 Å². The molecule has 2 aliphatic rings. The number of anilines is 2. The van der Waals surface area contributed by atoms with Crippen molar-refractivity contribution >= 4 is 46.2 Å². The molecule has 0 aromatic heterocycles. The van der Waals surface area contributed by atoms with Crippen molar-refractivity contribution in [2.75, 3.05) is 44.1 Å². The molecule has 0 fully saturated rings. The zero-order valence-corrected chi connectivity index (χ0v) is 32.2. The molecule has 6 aromatic rings. The molecule has 0 bridgehead atoms. The van der Waals surface area contributed by atoms with E-state index in [1.807, 2.05) is 84.9 Å². The van der Waals surface area contributed by atoms with Gasteiger partial charge in [-0.2, -0.15) is 10.5 Å². The van der Waals surface area contributed by atoms with Gasteiger partial charge in [0.15, 0.2) is 0 Å². The minimum atomic E-state index is -0.138. The molecule has 0 saturated heterocycles. The Hall–Kier alpha value is -7.33. The summed E-state index contributed by atoms with van der Waals surface area (Å²) < 4.78 is 5.64. The van der Waals surface area contributed by atoms with Crippen LogP contribution < -0.4 is 14.5 Å². The smallest absolute Gasteiger partial charge is 0.248 e. The highest BCUT2D eigenvalue weighted by atomic mass is 35.5. The fraction of sp³-hybridized carbons (Fsp3) is 0.106. The molecule has 2 amide bonds. The number of benzodiazepines with no additional fused rings is 2. The van der Waals surface area contributed by atoms with Crippen molar-refractivity contribution in [3.8, 4) is 40.1 Å². The zero-order chi connectivity index (χ0) is 40.1. The lowest BCUT2D eigenvalue weighted by Crippen LogP contribution is -2.27. The first-order valence-electron chi connectivity index (χ1n) is 18.0. The number of rotatable bonds is 5. The van der Waals surface area contributed by atoms with E-state index in [2.05, 4.69) is 40.3 Å². The molecular formula is C47H35ClN6O3. The SMILES string of the molecule is CN1C(=O)CN=C(c2ccc(Cl)cc2)c2cc(-c3ccccc3)ccc21.COc1cc2c(cc1-c1ccc(C#N)cc1)C(c1cccc(C#N)c1)=NCC(=O)N2C. The molecule has 0 atom stereocenters. The Morgan fingerprint density at radius 3 is 1.79 bits per heavy atom. The van der Waals surface area contributed by atoms with Crippen LogP contribution in [0, 0.1) is 22.7 Å². The molecule has 0 radical (unpaired) electrons. The molecule has 0 aliphatic carbocycles. The average molecular weight is 767 g/mol. The number of methoxy groups -OCH3 is 1. The van der Waals surface area contributed by atoms with Crippen molar-refractivity contribution < 1.29 is 14.3 Å². The van der Waals surface area contributed by atoms with Crippen molar-refractivity contribution in [2.45, 2.75) is 0 Å². The van der Waals surface area contributed by atoms with Crippen LogP contribution in [0.4, 0.5) is 11.4 Å². The predicted molar refractivity (Wildman–Crippen MR) is 225 cm³/mol. The van der Waals surface area contributed by atoms with Crippen LogP contribution in [0.2, 0.25) is 5.02 Å². The standard InChI is InChI=1S/C25H18N4O2.C22H17ClN2O/c1-29-22-12-23(31-2)20(18-8-6-16(13-26)7-9-18)11-21(22)25(28-15-24(29)30)19-5-3-4-17(10-19)14-27;1-25-20-12-9-17(15-5-3-2-4-6-15)13-19(20)22(24-14-21(25)26)16-7-10-18(23)11-8-16/h3-12H,15H2,1-2H3;2-13H,14H2,1H3. The minimum absolute atomic E-state index is 0.00576. The summed E-state index contributed by atoms with van der Waals surface area (Å²) in [5, 5.41) is 19.1. The van der Waals surface area contributed by atoms with Gasteiger partial charge in [0.25, 0.3) is 0 Å². The van der Waals surface area contributed by atoms with Crippen molar-refractivity contribution in [3.05, 3.63) is 172 Å². The molecule has 2 heterocycles. The maximum Gasteiger partial charge on any atom is 0.248 e. The van der Waals surface area contributed by atoms with Crippen LogP contribution in [0.5, 0.6) is 5.75 Å². The van der Waals surface area contributed by atoms with E-state index in [0.717, 1.165) is 55.9 Å².